The van der Waals surface area contributed by atoms with Crippen molar-refractivity contribution in [1.82, 2.24) is 10.9 Å². The van der Waals surface area contributed by atoms with Crippen molar-refractivity contribution in [2.75, 3.05) is 6.54 Å². The molecule has 2 heteroatoms. The normalized spacial score (nSPS) is 26.3. The first kappa shape index (κ1) is 8.92. The summed E-state index contributed by atoms with van der Waals surface area (Å²) >= 11 is 0. The third-order valence-electron chi connectivity index (χ3n) is 1.29. The summed E-state index contributed by atoms with van der Waals surface area (Å²) in [6, 6.07) is 0.675. The molecule has 1 rings (SSSR count). The van der Waals surface area contributed by atoms with Crippen molar-refractivity contribution < 1.29 is 0 Å². The zero-order valence-corrected chi connectivity index (χ0v) is 6.70. The van der Waals surface area contributed by atoms with Gasteiger partial charge in [-0.05, 0) is 19.8 Å². The zero-order chi connectivity index (χ0) is 7.11. The van der Waals surface area contributed by atoms with Crippen LogP contribution in [0.3, 0.4) is 0 Å². The minimum atomic E-state index is 0.675. The van der Waals surface area contributed by atoms with Gasteiger partial charge in [-0.1, -0.05) is 13.8 Å². The molecule has 0 saturated carbocycles. The van der Waals surface area contributed by atoms with Crippen LogP contribution >= 0.6 is 0 Å². The van der Waals surface area contributed by atoms with Gasteiger partial charge in [-0.15, -0.1) is 0 Å². The Morgan fingerprint density at radius 2 is 2.00 bits per heavy atom. The lowest BCUT2D eigenvalue weighted by atomic mass is 10.2. The van der Waals surface area contributed by atoms with E-state index >= 15 is 0 Å². The van der Waals surface area contributed by atoms with Crippen LogP contribution in [0.5, 0.6) is 0 Å². The Morgan fingerprint density at radius 3 is 2.22 bits per heavy atom. The van der Waals surface area contributed by atoms with Gasteiger partial charge >= 0.3 is 0 Å². The van der Waals surface area contributed by atoms with Gasteiger partial charge in [0.05, 0.1) is 0 Å². The van der Waals surface area contributed by atoms with Gasteiger partial charge in [0.25, 0.3) is 0 Å². The SMILES string of the molecule is CC.CC1CCCNN1. The van der Waals surface area contributed by atoms with Crippen LogP contribution in [-0.4, -0.2) is 12.6 Å². The lowest BCUT2D eigenvalue weighted by Gasteiger charge is -2.19. The van der Waals surface area contributed by atoms with Crippen LogP contribution in [0.4, 0.5) is 0 Å². The first-order chi connectivity index (χ1) is 4.39. The van der Waals surface area contributed by atoms with Crippen LogP contribution in [0.25, 0.3) is 0 Å². The average Bonchev–Trinajstić information content (AvgIpc) is 1.94. The van der Waals surface area contributed by atoms with Crippen LogP contribution in [0, 0.1) is 0 Å². The molecule has 1 heterocycles. The maximum absolute atomic E-state index is 3.13. The van der Waals surface area contributed by atoms with Crippen molar-refractivity contribution in [3.63, 3.8) is 0 Å². The molecule has 1 atom stereocenters. The Bertz CT molecular complexity index is 48.9. The highest BCUT2D eigenvalue weighted by Crippen LogP contribution is 1.96. The number of hydrogen-bond donors (Lipinski definition) is 2. The van der Waals surface area contributed by atoms with E-state index in [1.165, 1.54) is 12.8 Å². The highest BCUT2D eigenvalue weighted by atomic mass is 15.4. The summed E-state index contributed by atoms with van der Waals surface area (Å²) in [7, 11) is 0. The number of hydrazine groups is 1. The Kier molecular flexibility index (Phi) is 5.99. The highest BCUT2D eigenvalue weighted by molar-refractivity contribution is 4.62. The van der Waals surface area contributed by atoms with Crippen LogP contribution in [-0.2, 0) is 0 Å². The summed E-state index contributed by atoms with van der Waals surface area (Å²) in [5.41, 5.74) is 6.22. The highest BCUT2D eigenvalue weighted by Gasteiger charge is 2.03. The van der Waals surface area contributed by atoms with Crippen molar-refractivity contribution in [3.8, 4) is 0 Å². The predicted molar refractivity (Wildman–Crippen MR) is 41.2 cm³/mol. The quantitative estimate of drug-likeness (QED) is 0.516. The minimum Gasteiger partial charge on any atom is -0.258 e. The van der Waals surface area contributed by atoms with Crippen molar-refractivity contribution >= 4 is 0 Å². The average molecular weight is 130 g/mol. The molecule has 0 aromatic carbocycles. The summed E-state index contributed by atoms with van der Waals surface area (Å²) in [6.45, 7) is 7.32. The fourth-order valence-corrected chi connectivity index (χ4v) is 0.815. The maximum atomic E-state index is 3.13. The molecule has 0 aliphatic carbocycles. The fraction of sp³-hybridized carbons (Fsp3) is 1.00. The Balaban J connectivity index is 0.000000291. The first-order valence-corrected chi connectivity index (χ1v) is 3.88. The van der Waals surface area contributed by atoms with E-state index < -0.39 is 0 Å². The van der Waals surface area contributed by atoms with E-state index in [-0.39, 0.29) is 0 Å². The second kappa shape index (κ2) is 6.05. The van der Waals surface area contributed by atoms with E-state index in [1.807, 2.05) is 13.8 Å². The minimum absolute atomic E-state index is 0.675. The predicted octanol–water partition coefficient (Wildman–Crippen LogP) is 1.29. The molecule has 9 heavy (non-hydrogen) atoms. The van der Waals surface area contributed by atoms with Gasteiger partial charge in [-0.3, -0.25) is 10.9 Å². The van der Waals surface area contributed by atoms with Crippen molar-refractivity contribution in [3.05, 3.63) is 0 Å². The molecule has 0 bridgehead atoms. The second-order valence-electron chi connectivity index (χ2n) is 2.11. The van der Waals surface area contributed by atoms with E-state index in [4.69, 9.17) is 0 Å². The summed E-state index contributed by atoms with van der Waals surface area (Å²) in [5, 5.41) is 0. The molecule has 0 spiro atoms. The number of hydrogen-bond acceptors (Lipinski definition) is 2. The molecule has 0 aromatic rings. The molecular weight excluding hydrogens is 112 g/mol. The summed E-state index contributed by atoms with van der Waals surface area (Å²) in [6.07, 6.45) is 2.63. The van der Waals surface area contributed by atoms with Crippen LogP contribution in [0.15, 0.2) is 0 Å². The van der Waals surface area contributed by atoms with E-state index in [0.717, 1.165) is 6.54 Å². The molecule has 0 aromatic heterocycles. The van der Waals surface area contributed by atoms with Crippen LogP contribution < -0.4 is 10.9 Å². The molecule has 1 fully saturated rings. The molecule has 56 valence electrons. The van der Waals surface area contributed by atoms with Gasteiger partial charge < -0.3 is 0 Å². The molecule has 1 saturated heterocycles. The third kappa shape index (κ3) is 4.43. The van der Waals surface area contributed by atoms with Gasteiger partial charge in [0.15, 0.2) is 0 Å². The van der Waals surface area contributed by atoms with Gasteiger partial charge in [-0.2, -0.15) is 0 Å². The van der Waals surface area contributed by atoms with E-state index in [2.05, 4.69) is 17.8 Å². The summed E-state index contributed by atoms with van der Waals surface area (Å²) in [5.74, 6) is 0. The molecule has 2 N–H and O–H groups in total. The van der Waals surface area contributed by atoms with Crippen LogP contribution in [0.2, 0.25) is 0 Å². The lowest BCUT2D eigenvalue weighted by Crippen LogP contribution is -2.43. The number of nitrogens with one attached hydrogen (secondary N) is 2. The van der Waals surface area contributed by atoms with Crippen molar-refractivity contribution in [2.45, 2.75) is 39.7 Å². The Morgan fingerprint density at radius 1 is 1.33 bits per heavy atom. The maximum Gasteiger partial charge on any atom is 0.0185 e. The molecule has 1 aliphatic heterocycles. The van der Waals surface area contributed by atoms with Gasteiger partial charge in [0.2, 0.25) is 0 Å². The van der Waals surface area contributed by atoms with E-state index in [1.54, 1.807) is 0 Å². The van der Waals surface area contributed by atoms with Crippen LogP contribution in [0.1, 0.15) is 33.6 Å². The summed E-state index contributed by atoms with van der Waals surface area (Å²) < 4.78 is 0. The zero-order valence-electron chi connectivity index (χ0n) is 6.70. The fourth-order valence-electron chi connectivity index (χ4n) is 0.815. The monoisotopic (exact) mass is 130 g/mol. The van der Waals surface area contributed by atoms with Gasteiger partial charge in [-0.25, -0.2) is 0 Å². The van der Waals surface area contributed by atoms with Gasteiger partial charge in [0, 0.05) is 12.6 Å². The topological polar surface area (TPSA) is 24.1 Å². The third-order valence-corrected chi connectivity index (χ3v) is 1.29. The largest absolute Gasteiger partial charge is 0.258 e. The lowest BCUT2D eigenvalue weighted by molar-refractivity contribution is 0.362. The van der Waals surface area contributed by atoms with E-state index in [9.17, 15) is 0 Å². The van der Waals surface area contributed by atoms with Crippen molar-refractivity contribution in [2.24, 2.45) is 0 Å². The molecular formula is C7H18N2. The smallest absolute Gasteiger partial charge is 0.0185 e. The molecule has 0 amide bonds. The standard InChI is InChI=1S/C5H12N2.C2H6/c1-5-3-2-4-6-7-5;1-2/h5-7H,2-4H2,1H3;1-2H3. The Hall–Kier alpha value is -0.0800. The summed E-state index contributed by atoms with van der Waals surface area (Å²) in [4.78, 5) is 0. The first-order valence-electron chi connectivity index (χ1n) is 3.88. The van der Waals surface area contributed by atoms with Crippen molar-refractivity contribution in [1.29, 1.82) is 0 Å². The number of rotatable bonds is 0. The molecule has 1 unspecified atom stereocenters. The Labute approximate surface area is 58.0 Å². The second-order valence-corrected chi connectivity index (χ2v) is 2.11. The van der Waals surface area contributed by atoms with Gasteiger partial charge in [0.1, 0.15) is 0 Å². The van der Waals surface area contributed by atoms with E-state index in [0.29, 0.717) is 6.04 Å². The molecule has 0 radical (unpaired) electrons. The molecule has 2 nitrogen and oxygen atoms in total. The molecule has 1 aliphatic rings.